The number of nitrogens with zero attached hydrogens (tertiary/aromatic N) is 1. The third-order valence-corrected chi connectivity index (χ3v) is 4.47. The van der Waals surface area contributed by atoms with Crippen molar-refractivity contribution in [1.29, 1.82) is 0 Å². The molecule has 0 aliphatic carbocycles. The molecule has 1 heterocycles. The second-order valence-electron chi connectivity index (χ2n) is 5.14. The Kier molecular flexibility index (Phi) is 6.12. The SMILES string of the molecule is COCC(C)NS(=O)(=O)c1c(CNC(C)C)n[nH]c1C. The first-order chi connectivity index (χ1) is 9.27. The summed E-state index contributed by atoms with van der Waals surface area (Å²) in [6.07, 6.45) is 0. The first-order valence-corrected chi connectivity index (χ1v) is 8.04. The van der Waals surface area contributed by atoms with Crippen molar-refractivity contribution in [1.82, 2.24) is 20.2 Å². The van der Waals surface area contributed by atoms with Crippen molar-refractivity contribution in [3.05, 3.63) is 11.4 Å². The Morgan fingerprint density at radius 2 is 2.00 bits per heavy atom. The van der Waals surface area contributed by atoms with E-state index >= 15 is 0 Å². The van der Waals surface area contributed by atoms with Gasteiger partial charge in [0.1, 0.15) is 4.90 Å². The normalized spacial score (nSPS) is 13.9. The number of H-pyrrole nitrogens is 1. The van der Waals surface area contributed by atoms with E-state index in [1.807, 2.05) is 13.8 Å². The lowest BCUT2D eigenvalue weighted by atomic mass is 10.3. The minimum Gasteiger partial charge on any atom is -0.383 e. The van der Waals surface area contributed by atoms with Gasteiger partial charge in [0.05, 0.1) is 18.0 Å². The summed E-state index contributed by atoms with van der Waals surface area (Å²) in [5, 5.41) is 9.97. The van der Waals surface area contributed by atoms with Crippen LogP contribution in [0.15, 0.2) is 4.90 Å². The van der Waals surface area contributed by atoms with Crippen LogP contribution < -0.4 is 10.0 Å². The van der Waals surface area contributed by atoms with Crippen LogP contribution in [-0.4, -0.2) is 44.4 Å². The smallest absolute Gasteiger partial charge is 0.244 e. The van der Waals surface area contributed by atoms with Gasteiger partial charge in [0, 0.05) is 25.7 Å². The average molecular weight is 304 g/mol. The molecule has 0 fully saturated rings. The predicted octanol–water partition coefficient (Wildman–Crippen LogP) is 0.529. The number of methoxy groups -OCH3 is 1. The Labute approximate surface area is 120 Å². The van der Waals surface area contributed by atoms with Gasteiger partial charge in [-0.15, -0.1) is 0 Å². The number of nitrogens with one attached hydrogen (secondary N) is 3. The molecule has 116 valence electrons. The lowest BCUT2D eigenvalue weighted by molar-refractivity contribution is 0.180. The van der Waals surface area contributed by atoms with Gasteiger partial charge in [-0.3, -0.25) is 5.10 Å². The highest BCUT2D eigenvalue weighted by atomic mass is 32.2. The number of rotatable bonds is 8. The largest absolute Gasteiger partial charge is 0.383 e. The Morgan fingerprint density at radius 3 is 2.55 bits per heavy atom. The van der Waals surface area contributed by atoms with E-state index in [1.54, 1.807) is 13.8 Å². The number of ether oxygens (including phenoxy) is 1. The molecule has 0 aromatic carbocycles. The molecule has 1 aromatic heterocycles. The second-order valence-corrected chi connectivity index (χ2v) is 6.79. The quantitative estimate of drug-likeness (QED) is 0.651. The summed E-state index contributed by atoms with van der Waals surface area (Å²) in [6.45, 7) is 8.15. The third kappa shape index (κ3) is 4.55. The molecule has 1 rings (SSSR count). The van der Waals surface area contributed by atoms with Crippen molar-refractivity contribution in [3.8, 4) is 0 Å². The highest BCUT2D eigenvalue weighted by molar-refractivity contribution is 7.89. The Hall–Kier alpha value is -0.960. The molecule has 8 heteroatoms. The summed E-state index contributed by atoms with van der Waals surface area (Å²) in [4.78, 5) is 0.216. The molecule has 1 aromatic rings. The Bertz CT molecular complexity index is 525. The molecular formula is C12H24N4O3S. The standard InChI is InChI=1S/C12H24N4O3S/c1-8(2)13-6-11-12(10(4)14-15-11)20(17,18)16-9(3)7-19-5/h8-9,13,16H,6-7H2,1-5H3,(H,14,15). The lowest BCUT2D eigenvalue weighted by Gasteiger charge is -2.14. The van der Waals surface area contributed by atoms with Crippen LogP contribution in [0.4, 0.5) is 0 Å². The van der Waals surface area contributed by atoms with Crippen molar-refractivity contribution in [2.75, 3.05) is 13.7 Å². The predicted molar refractivity (Wildman–Crippen MR) is 77.0 cm³/mol. The summed E-state index contributed by atoms with van der Waals surface area (Å²) in [5.74, 6) is 0. The van der Waals surface area contributed by atoms with Crippen LogP contribution in [0.1, 0.15) is 32.2 Å². The number of aryl methyl sites for hydroxylation is 1. The average Bonchev–Trinajstić information content (AvgIpc) is 2.68. The Morgan fingerprint density at radius 1 is 1.35 bits per heavy atom. The molecule has 0 radical (unpaired) electrons. The minimum absolute atomic E-state index is 0.216. The van der Waals surface area contributed by atoms with Gasteiger partial charge in [-0.25, -0.2) is 13.1 Å². The fourth-order valence-electron chi connectivity index (χ4n) is 1.85. The first-order valence-electron chi connectivity index (χ1n) is 6.56. The van der Waals surface area contributed by atoms with Crippen molar-refractivity contribution >= 4 is 10.0 Å². The third-order valence-electron chi connectivity index (χ3n) is 2.68. The highest BCUT2D eigenvalue weighted by Gasteiger charge is 2.25. The van der Waals surface area contributed by atoms with E-state index in [2.05, 4.69) is 20.2 Å². The monoisotopic (exact) mass is 304 g/mol. The van der Waals surface area contributed by atoms with E-state index in [9.17, 15) is 8.42 Å². The van der Waals surface area contributed by atoms with Gasteiger partial charge >= 0.3 is 0 Å². The van der Waals surface area contributed by atoms with E-state index in [1.165, 1.54) is 7.11 Å². The number of hydrogen-bond donors (Lipinski definition) is 3. The maximum atomic E-state index is 12.4. The lowest BCUT2D eigenvalue weighted by Crippen LogP contribution is -2.36. The summed E-state index contributed by atoms with van der Waals surface area (Å²) >= 11 is 0. The van der Waals surface area contributed by atoms with Gasteiger partial charge in [0.15, 0.2) is 0 Å². The van der Waals surface area contributed by atoms with Crippen molar-refractivity contribution < 1.29 is 13.2 Å². The Balaban J connectivity index is 2.96. The number of sulfonamides is 1. The molecular weight excluding hydrogens is 280 g/mol. The molecule has 0 aliphatic rings. The summed E-state index contributed by atoms with van der Waals surface area (Å²) in [6, 6.07) is -0.0480. The van der Waals surface area contributed by atoms with E-state index < -0.39 is 10.0 Å². The van der Waals surface area contributed by atoms with E-state index in [4.69, 9.17) is 4.74 Å². The minimum atomic E-state index is -3.61. The van der Waals surface area contributed by atoms with E-state index in [0.717, 1.165) is 0 Å². The van der Waals surface area contributed by atoms with Gasteiger partial charge in [0.2, 0.25) is 10.0 Å². The summed E-state index contributed by atoms with van der Waals surface area (Å²) in [7, 11) is -2.08. The zero-order valence-electron chi connectivity index (χ0n) is 12.6. The highest BCUT2D eigenvalue weighted by Crippen LogP contribution is 2.18. The zero-order chi connectivity index (χ0) is 15.3. The van der Waals surface area contributed by atoms with Crippen LogP contribution >= 0.6 is 0 Å². The fraction of sp³-hybridized carbons (Fsp3) is 0.750. The molecule has 0 aliphatic heterocycles. The van der Waals surface area contributed by atoms with Gasteiger partial charge in [-0.1, -0.05) is 13.8 Å². The topological polar surface area (TPSA) is 96.1 Å². The molecule has 0 bridgehead atoms. The van der Waals surface area contributed by atoms with Gasteiger partial charge in [-0.05, 0) is 13.8 Å². The molecule has 0 spiro atoms. The second kappa shape index (κ2) is 7.16. The molecule has 20 heavy (non-hydrogen) atoms. The van der Waals surface area contributed by atoms with Crippen LogP contribution in [-0.2, 0) is 21.3 Å². The fourth-order valence-corrected chi connectivity index (χ4v) is 3.45. The molecule has 7 nitrogen and oxygen atoms in total. The molecule has 0 saturated carbocycles. The summed E-state index contributed by atoms with van der Waals surface area (Å²) < 4.78 is 32.4. The first kappa shape index (κ1) is 17.1. The van der Waals surface area contributed by atoms with Crippen LogP contribution in [0.3, 0.4) is 0 Å². The molecule has 3 N–H and O–H groups in total. The summed E-state index contributed by atoms with van der Waals surface area (Å²) in [5.41, 5.74) is 1.02. The number of aromatic nitrogens is 2. The van der Waals surface area contributed by atoms with Crippen LogP contribution in [0.25, 0.3) is 0 Å². The zero-order valence-corrected chi connectivity index (χ0v) is 13.5. The van der Waals surface area contributed by atoms with E-state index in [-0.39, 0.29) is 17.0 Å². The van der Waals surface area contributed by atoms with Crippen molar-refractivity contribution in [2.24, 2.45) is 0 Å². The van der Waals surface area contributed by atoms with Crippen molar-refractivity contribution in [2.45, 2.75) is 51.2 Å². The van der Waals surface area contributed by atoms with Gasteiger partial charge in [0.25, 0.3) is 0 Å². The van der Waals surface area contributed by atoms with Gasteiger partial charge in [-0.2, -0.15) is 5.10 Å². The molecule has 0 amide bonds. The van der Waals surface area contributed by atoms with E-state index in [0.29, 0.717) is 24.5 Å². The van der Waals surface area contributed by atoms with Crippen molar-refractivity contribution in [3.63, 3.8) is 0 Å². The number of aromatic amines is 1. The van der Waals surface area contributed by atoms with Crippen LogP contribution in [0, 0.1) is 6.92 Å². The number of hydrogen-bond acceptors (Lipinski definition) is 5. The molecule has 1 unspecified atom stereocenters. The molecule has 0 saturated heterocycles. The maximum Gasteiger partial charge on any atom is 0.244 e. The van der Waals surface area contributed by atoms with Crippen LogP contribution in [0.2, 0.25) is 0 Å². The van der Waals surface area contributed by atoms with Crippen LogP contribution in [0.5, 0.6) is 0 Å². The molecule has 1 atom stereocenters. The van der Waals surface area contributed by atoms with Gasteiger partial charge < -0.3 is 10.1 Å². The maximum absolute atomic E-state index is 12.4.